The smallest absolute Gasteiger partial charge is 0.243 e. The second-order valence-electron chi connectivity index (χ2n) is 8.00. The van der Waals surface area contributed by atoms with Gasteiger partial charge in [-0.3, -0.25) is 4.90 Å². The Labute approximate surface area is 171 Å². The summed E-state index contributed by atoms with van der Waals surface area (Å²) in [5.41, 5.74) is 4.60. The molecule has 5 rings (SSSR count). The summed E-state index contributed by atoms with van der Waals surface area (Å²) >= 11 is 0. The van der Waals surface area contributed by atoms with E-state index in [0.29, 0.717) is 18.0 Å². The van der Waals surface area contributed by atoms with Crippen molar-refractivity contribution in [3.05, 3.63) is 65.6 Å². The van der Waals surface area contributed by atoms with Gasteiger partial charge in [-0.05, 0) is 61.1 Å². The van der Waals surface area contributed by atoms with E-state index < -0.39 is 10.0 Å². The summed E-state index contributed by atoms with van der Waals surface area (Å²) in [6.45, 7) is 3.28. The molecular weight excluding hydrogens is 384 g/mol. The summed E-state index contributed by atoms with van der Waals surface area (Å²) in [6.07, 6.45) is 8.34. The van der Waals surface area contributed by atoms with Crippen molar-refractivity contribution in [1.29, 1.82) is 0 Å². The number of imidazole rings is 1. The van der Waals surface area contributed by atoms with Crippen LogP contribution in [0.2, 0.25) is 0 Å². The quantitative estimate of drug-likeness (QED) is 0.664. The average Bonchev–Trinajstić information content (AvgIpc) is 3.17. The van der Waals surface area contributed by atoms with E-state index in [0.717, 1.165) is 50.2 Å². The molecule has 2 aromatic heterocycles. The first-order valence-electron chi connectivity index (χ1n) is 10.4. The van der Waals surface area contributed by atoms with Crippen molar-refractivity contribution in [3.63, 3.8) is 0 Å². The Morgan fingerprint density at radius 3 is 2.55 bits per heavy atom. The van der Waals surface area contributed by atoms with Crippen LogP contribution in [0.3, 0.4) is 0 Å². The third-order valence-corrected chi connectivity index (χ3v) is 8.06. The Balaban J connectivity index is 1.27. The monoisotopic (exact) mass is 410 g/mol. The molecule has 0 saturated carbocycles. The molecule has 0 amide bonds. The van der Waals surface area contributed by atoms with Gasteiger partial charge in [-0.2, -0.15) is 4.31 Å². The Bertz CT molecular complexity index is 1130. The molecule has 7 heteroatoms. The third kappa shape index (κ3) is 3.58. The third-order valence-electron chi connectivity index (χ3n) is 6.17. The summed E-state index contributed by atoms with van der Waals surface area (Å²) in [4.78, 5) is 7.20. The lowest BCUT2D eigenvalue weighted by Gasteiger charge is -2.34. The van der Waals surface area contributed by atoms with Gasteiger partial charge < -0.3 is 4.40 Å². The molecule has 0 atom stereocenters. The van der Waals surface area contributed by atoms with Crippen LogP contribution in [-0.4, -0.2) is 53.2 Å². The van der Waals surface area contributed by atoms with Crippen molar-refractivity contribution >= 4 is 15.7 Å². The number of piperazine rings is 1. The molecule has 3 heterocycles. The molecule has 0 spiro atoms. The van der Waals surface area contributed by atoms with E-state index in [2.05, 4.69) is 14.3 Å². The highest BCUT2D eigenvalue weighted by Crippen LogP contribution is 2.26. The van der Waals surface area contributed by atoms with Gasteiger partial charge in [0.05, 0.1) is 16.8 Å². The lowest BCUT2D eigenvalue weighted by molar-refractivity contribution is 0.179. The fourth-order valence-electron chi connectivity index (χ4n) is 4.48. The molecule has 0 radical (unpaired) electrons. The van der Waals surface area contributed by atoms with Gasteiger partial charge in [0.15, 0.2) is 0 Å². The maximum Gasteiger partial charge on any atom is 0.243 e. The molecule has 6 nitrogen and oxygen atoms in total. The van der Waals surface area contributed by atoms with Gasteiger partial charge in [0.25, 0.3) is 0 Å². The SMILES string of the molecule is O=S(=O)(c1ccc2c(c1)CCCC2)N1CCN(Cc2cnc3ccccn23)CC1. The minimum Gasteiger partial charge on any atom is -0.303 e. The second-order valence-corrected chi connectivity index (χ2v) is 9.93. The summed E-state index contributed by atoms with van der Waals surface area (Å²) in [5, 5.41) is 0. The van der Waals surface area contributed by atoms with Crippen molar-refractivity contribution < 1.29 is 8.42 Å². The van der Waals surface area contributed by atoms with Crippen molar-refractivity contribution in [2.24, 2.45) is 0 Å². The molecule has 1 aliphatic carbocycles. The van der Waals surface area contributed by atoms with Gasteiger partial charge in [0, 0.05) is 38.9 Å². The molecule has 2 aliphatic rings. The van der Waals surface area contributed by atoms with Gasteiger partial charge in [-0.25, -0.2) is 13.4 Å². The number of nitrogens with zero attached hydrogens (tertiary/aromatic N) is 4. The summed E-state index contributed by atoms with van der Waals surface area (Å²) in [6, 6.07) is 11.7. The fraction of sp³-hybridized carbons (Fsp3) is 0.409. The largest absolute Gasteiger partial charge is 0.303 e. The van der Waals surface area contributed by atoms with Crippen LogP contribution in [0.4, 0.5) is 0 Å². The molecule has 1 aliphatic heterocycles. The van der Waals surface area contributed by atoms with E-state index in [1.807, 2.05) is 42.7 Å². The molecule has 1 fully saturated rings. The number of aromatic nitrogens is 2. The van der Waals surface area contributed by atoms with Gasteiger partial charge in [-0.1, -0.05) is 12.1 Å². The van der Waals surface area contributed by atoms with Crippen molar-refractivity contribution in [2.45, 2.75) is 37.1 Å². The minimum absolute atomic E-state index is 0.452. The first kappa shape index (κ1) is 18.8. The van der Waals surface area contributed by atoms with Gasteiger partial charge in [-0.15, -0.1) is 0 Å². The van der Waals surface area contributed by atoms with E-state index in [-0.39, 0.29) is 0 Å². The van der Waals surface area contributed by atoms with Crippen LogP contribution in [0.15, 0.2) is 53.7 Å². The molecule has 3 aromatic rings. The predicted molar refractivity (Wildman–Crippen MR) is 112 cm³/mol. The Morgan fingerprint density at radius 1 is 0.931 bits per heavy atom. The highest BCUT2D eigenvalue weighted by molar-refractivity contribution is 7.89. The van der Waals surface area contributed by atoms with Gasteiger partial charge >= 0.3 is 0 Å². The van der Waals surface area contributed by atoms with Crippen LogP contribution in [0, 0.1) is 0 Å². The molecular formula is C22H26N4O2S. The van der Waals surface area contributed by atoms with Crippen LogP contribution < -0.4 is 0 Å². The molecule has 0 N–H and O–H groups in total. The Kier molecular flexibility index (Phi) is 4.89. The summed E-state index contributed by atoms with van der Waals surface area (Å²) < 4.78 is 30.1. The number of rotatable bonds is 4. The van der Waals surface area contributed by atoms with E-state index in [9.17, 15) is 8.42 Å². The average molecular weight is 411 g/mol. The van der Waals surface area contributed by atoms with E-state index >= 15 is 0 Å². The number of benzene rings is 1. The maximum atomic E-state index is 13.2. The van der Waals surface area contributed by atoms with E-state index in [1.54, 1.807) is 10.4 Å². The maximum absolute atomic E-state index is 13.2. The minimum atomic E-state index is -3.43. The topological polar surface area (TPSA) is 57.9 Å². The van der Waals surface area contributed by atoms with Crippen LogP contribution >= 0.6 is 0 Å². The normalized spacial score (nSPS) is 18.8. The number of fused-ring (bicyclic) bond motifs is 2. The molecule has 1 saturated heterocycles. The first-order valence-corrected chi connectivity index (χ1v) is 11.8. The zero-order chi connectivity index (χ0) is 19.8. The summed E-state index contributed by atoms with van der Waals surface area (Å²) in [7, 11) is -3.43. The second kappa shape index (κ2) is 7.55. The van der Waals surface area contributed by atoms with Gasteiger partial charge in [0.1, 0.15) is 5.65 Å². The molecule has 1 aromatic carbocycles. The fourth-order valence-corrected chi connectivity index (χ4v) is 5.95. The molecule has 29 heavy (non-hydrogen) atoms. The standard InChI is InChI=1S/C22H26N4O2S/c27-29(28,21-9-8-18-5-1-2-6-19(18)15-21)25-13-11-24(12-14-25)17-20-16-23-22-7-3-4-10-26(20)22/h3-4,7-10,15-16H,1-2,5-6,11-14,17H2. The number of sulfonamides is 1. The van der Waals surface area contributed by atoms with Crippen molar-refractivity contribution in [1.82, 2.24) is 18.6 Å². The molecule has 152 valence electrons. The van der Waals surface area contributed by atoms with Crippen LogP contribution in [0.25, 0.3) is 5.65 Å². The number of pyridine rings is 1. The van der Waals surface area contributed by atoms with E-state index in [1.165, 1.54) is 17.5 Å². The van der Waals surface area contributed by atoms with Crippen LogP contribution in [0.1, 0.15) is 29.7 Å². The molecule has 0 unspecified atom stereocenters. The Hall–Kier alpha value is -2.22. The summed E-state index contributed by atoms with van der Waals surface area (Å²) in [5.74, 6) is 0. The van der Waals surface area contributed by atoms with Crippen molar-refractivity contribution in [2.75, 3.05) is 26.2 Å². The zero-order valence-corrected chi connectivity index (χ0v) is 17.3. The Morgan fingerprint density at radius 2 is 1.72 bits per heavy atom. The molecule has 0 bridgehead atoms. The van der Waals surface area contributed by atoms with E-state index in [4.69, 9.17) is 0 Å². The predicted octanol–water partition coefficient (Wildman–Crippen LogP) is 2.72. The van der Waals surface area contributed by atoms with Crippen LogP contribution in [-0.2, 0) is 29.4 Å². The number of aryl methyl sites for hydroxylation is 2. The zero-order valence-electron chi connectivity index (χ0n) is 16.5. The van der Waals surface area contributed by atoms with Gasteiger partial charge in [0.2, 0.25) is 10.0 Å². The van der Waals surface area contributed by atoms with Crippen molar-refractivity contribution in [3.8, 4) is 0 Å². The first-order chi connectivity index (χ1) is 14.1. The van der Waals surface area contributed by atoms with Crippen LogP contribution in [0.5, 0.6) is 0 Å². The number of hydrogen-bond acceptors (Lipinski definition) is 4. The highest BCUT2D eigenvalue weighted by atomic mass is 32.2. The number of hydrogen-bond donors (Lipinski definition) is 0. The lowest BCUT2D eigenvalue weighted by Crippen LogP contribution is -2.48. The lowest BCUT2D eigenvalue weighted by atomic mass is 9.92. The highest BCUT2D eigenvalue weighted by Gasteiger charge is 2.29.